The second kappa shape index (κ2) is 5.98. The fourth-order valence-electron chi connectivity index (χ4n) is 2.75. The summed E-state index contributed by atoms with van der Waals surface area (Å²) in [7, 11) is 0. The van der Waals surface area contributed by atoms with E-state index in [1.807, 2.05) is 13.0 Å². The van der Waals surface area contributed by atoms with Gasteiger partial charge in [-0.25, -0.2) is 0 Å². The van der Waals surface area contributed by atoms with Crippen LogP contribution < -0.4 is 5.32 Å². The van der Waals surface area contributed by atoms with Crippen molar-refractivity contribution in [3.8, 4) is 0 Å². The average molecular weight is 310 g/mol. The number of carbonyl (C=O) groups is 1. The maximum absolute atomic E-state index is 12.2. The van der Waals surface area contributed by atoms with Gasteiger partial charge >= 0.3 is 0 Å². The van der Waals surface area contributed by atoms with Gasteiger partial charge < -0.3 is 10.4 Å². The van der Waals surface area contributed by atoms with Crippen LogP contribution in [0.5, 0.6) is 0 Å². The van der Waals surface area contributed by atoms with Crippen LogP contribution in [-0.4, -0.2) is 23.2 Å². The van der Waals surface area contributed by atoms with Crippen LogP contribution in [0.25, 0.3) is 0 Å². The van der Waals surface area contributed by atoms with Crippen molar-refractivity contribution >= 4 is 17.5 Å². The number of hydrogen-bond acceptors (Lipinski definition) is 2. The van der Waals surface area contributed by atoms with Gasteiger partial charge in [0.2, 0.25) is 0 Å². The first-order valence-electron chi connectivity index (χ1n) is 7.48. The van der Waals surface area contributed by atoms with E-state index in [1.54, 1.807) is 12.1 Å². The van der Waals surface area contributed by atoms with Gasteiger partial charge in [0, 0.05) is 17.1 Å². The molecule has 1 amide bonds. The first kappa shape index (κ1) is 16.3. The predicted octanol–water partition coefficient (Wildman–Crippen LogP) is 3.71. The lowest BCUT2D eigenvalue weighted by molar-refractivity contribution is -0.0233. The van der Waals surface area contributed by atoms with Crippen molar-refractivity contribution in [2.24, 2.45) is 5.41 Å². The van der Waals surface area contributed by atoms with E-state index in [-0.39, 0.29) is 5.91 Å². The van der Waals surface area contributed by atoms with Crippen molar-refractivity contribution in [2.75, 3.05) is 6.54 Å². The quantitative estimate of drug-likeness (QED) is 0.894. The molecule has 1 aromatic carbocycles. The zero-order valence-corrected chi connectivity index (χ0v) is 13.8. The Morgan fingerprint density at radius 3 is 2.52 bits per heavy atom. The summed E-state index contributed by atoms with van der Waals surface area (Å²) in [4.78, 5) is 12.2. The molecule has 2 rings (SSSR count). The molecule has 0 bridgehead atoms. The molecule has 0 radical (unpaired) electrons. The Bertz CT molecular complexity index is 530. The number of hydrogen-bond donors (Lipinski definition) is 2. The van der Waals surface area contributed by atoms with Gasteiger partial charge in [-0.1, -0.05) is 31.5 Å². The van der Waals surface area contributed by atoms with Gasteiger partial charge in [-0.05, 0) is 55.7 Å². The Balaban J connectivity index is 1.97. The van der Waals surface area contributed by atoms with Crippen LogP contribution in [0.3, 0.4) is 0 Å². The van der Waals surface area contributed by atoms with Crippen molar-refractivity contribution in [3.63, 3.8) is 0 Å². The van der Waals surface area contributed by atoms with Crippen molar-refractivity contribution < 1.29 is 9.90 Å². The number of amides is 1. The lowest BCUT2D eigenvalue weighted by Gasteiger charge is -2.40. The monoisotopic (exact) mass is 309 g/mol. The molecule has 1 aromatic rings. The standard InChI is InChI=1S/C17H24ClNO2/c1-12-4-5-13(18)10-14(12)15(20)19-11-17(21)8-6-16(2,3)7-9-17/h4-5,10,21H,6-9,11H2,1-3H3,(H,19,20). The molecule has 21 heavy (non-hydrogen) atoms. The number of benzene rings is 1. The van der Waals surface area contributed by atoms with Crippen molar-refractivity contribution in [1.29, 1.82) is 0 Å². The van der Waals surface area contributed by atoms with E-state index >= 15 is 0 Å². The van der Waals surface area contributed by atoms with Gasteiger partial charge in [-0.2, -0.15) is 0 Å². The zero-order valence-electron chi connectivity index (χ0n) is 13.0. The molecule has 4 heteroatoms. The molecule has 0 saturated heterocycles. The molecule has 0 aromatic heterocycles. The normalized spacial score (nSPS) is 20.0. The number of aryl methyl sites for hydroxylation is 1. The fourth-order valence-corrected chi connectivity index (χ4v) is 2.92. The summed E-state index contributed by atoms with van der Waals surface area (Å²) in [6, 6.07) is 5.26. The second-order valence-corrected chi connectivity index (χ2v) is 7.47. The smallest absolute Gasteiger partial charge is 0.251 e. The van der Waals surface area contributed by atoms with Crippen LogP contribution in [0.2, 0.25) is 5.02 Å². The van der Waals surface area contributed by atoms with Crippen LogP contribution in [-0.2, 0) is 0 Å². The van der Waals surface area contributed by atoms with Crippen molar-refractivity contribution in [2.45, 2.75) is 52.1 Å². The molecule has 0 atom stereocenters. The minimum absolute atomic E-state index is 0.173. The van der Waals surface area contributed by atoms with E-state index in [1.165, 1.54) is 0 Å². The summed E-state index contributed by atoms with van der Waals surface area (Å²) < 4.78 is 0. The van der Waals surface area contributed by atoms with E-state index < -0.39 is 5.60 Å². The second-order valence-electron chi connectivity index (χ2n) is 7.03. The van der Waals surface area contributed by atoms with Gasteiger partial charge in [-0.3, -0.25) is 4.79 Å². The summed E-state index contributed by atoms with van der Waals surface area (Å²) in [5.74, 6) is -0.173. The predicted molar refractivity (Wildman–Crippen MR) is 85.7 cm³/mol. The molecule has 3 nitrogen and oxygen atoms in total. The van der Waals surface area contributed by atoms with E-state index in [4.69, 9.17) is 11.6 Å². The highest BCUT2D eigenvalue weighted by atomic mass is 35.5. The van der Waals surface area contributed by atoms with E-state index in [0.717, 1.165) is 31.2 Å². The topological polar surface area (TPSA) is 49.3 Å². The first-order valence-corrected chi connectivity index (χ1v) is 7.85. The van der Waals surface area contributed by atoms with Crippen LogP contribution in [0.4, 0.5) is 0 Å². The highest BCUT2D eigenvalue weighted by Crippen LogP contribution is 2.39. The highest BCUT2D eigenvalue weighted by Gasteiger charge is 2.36. The molecule has 1 aliphatic rings. The van der Waals surface area contributed by atoms with Gasteiger partial charge in [-0.15, -0.1) is 0 Å². The molecule has 1 aliphatic carbocycles. The maximum Gasteiger partial charge on any atom is 0.251 e. The molecule has 116 valence electrons. The summed E-state index contributed by atoms with van der Waals surface area (Å²) in [6.45, 7) is 6.62. The lowest BCUT2D eigenvalue weighted by Crippen LogP contribution is -2.46. The van der Waals surface area contributed by atoms with Crippen LogP contribution in [0, 0.1) is 12.3 Å². The molecule has 1 fully saturated rings. The summed E-state index contributed by atoms with van der Waals surface area (Å²) in [5, 5.41) is 14.0. The van der Waals surface area contributed by atoms with E-state index in [0.29, 0.717) is 22.5 Å². The minimum atomic E-state index is -0.780. The van der Waals surface area contributed by atoms with Gasteiger partial charge in [0.05, 0.1) is 5.60 Å². The van der Waals surface area contributed by atoms with Gasteiger partial charge in [0.1, 0.15) is 0 Å². The molecular weight excluding hydrogens is 286 g/mol. The molecule has 0 heterocycles. The third-order valence-electron chi connectivity index (χ3n) is 4.56. The molecule has 0 aliphatic heterocycles. The number of halogens is 1. The highest BCUT2D eigenvalue weighted by molar-refractivity contribution is 6.31. The Morgan fingerprint density at radius 2 is 1.90 bits per heavy atom. The minimum Gasteiger partial charge on any atom is -0.388 e. The molecule has 2 N–H and O–H groups in total. The largest absolute Gasteiger partial charge is 0.388 e. The number of rotatable bonds is 3. The zero-order chi connectivity index (χ0) is 15.7. The summed E-state index contributed by atoms with van der Waals surface area (Å²) >= 11 is 5.94. The molecule has 1 saturated carbocycles. The third-order valence-corrected chi connectivity index (χ3v) is 4.79. The fraction of sp³-hybridized carbons (Fsp3) is 0.588. The van der Waals surface area contributed by atoms with E-state index in [9.17, 15) is 9.90 Å². The van der Waals surface area contributed by atoms with Crippen LogP contribution in [0.15, 0.2) is 18.2 Å². The summed E-state index contributed by atoms with van der Waals surface area (Å²) in [6.07, 6.45) is 3.43. The summed E-state index contributed by atoms with van der Waals surface area (Å²) in [5.41, 5.74) is 0.966. The van der Waals surface area contributed by atoms with Crippen molar-refractivity contribution in [3.05, 3.63) is 34.3 Å². The SMILES string of the molecule is Cc1ccc(Cl)cc1C(=O)NCC1(O)CCC(C)(C)CC1. The van der Waals surface area contributed by atoms with Crippen LogP contribution >= 0.6 is 11.6 Å². The molecular formula is C17H24ClNO2. The van der Waals surface area contributed by atoms with Crippen LogP contribution in [0.1, 0.15) is 55.5 Å². The number of carbonyl (C=O) groups excluding carboxylic acids is 1. The number of aliphatic hydroxyl groups is 1. The van der Waals surface area contributed by atoms with Crippen molar-refractivity contribution in [1.82, 2.24) is 5.32 Å². The van der Waals surface area contributed by atoms with Gasteiger partial charge in [0.25, 0.3) is 5.91 Å². The van der Waals surface area contributed by atoms with E-state index in [2.05, 4.69) is 19.2 Å². The molecule has 0 unspecified atom stereocenters. The first-order chi connectivity index (χ1) is 9.71. The average Bonchev–Trinajstić information content (AvgIpc) is 2.43. The molecule has 0 spiro atoms. The Labute approximate surface area is 131 Å². The maximum atomic E-state index is 12.2. The third kappa shape index (κ3) is 4.21. The number of nitrogens with one attached hydrogen (secondary N) is 1. The lowest BCUT2D eigenvalue weighted by atomic mass is 9.71. The van der Waals surface area contributed by atoms with Gasteiger partial charge in [0.15, 0.2) is 0 Å². The Kier molecular flexibility index (Phi) is 4.64. The Morgan fingerprint density at radius 1 is 1.29 bits per heavy atom. The Hall–Kier alpha value is -1.06.